The Hall–Kier alpha value is -2.13. The Morgan fingerprint density at radius 2 is 2.05 bits per heavy atom. The van der Waals surface area contributed by atoms with E-state index in [0.717, 1.165) is 28.2 Å². The van der Waals surface area contributed by atoms with Gasteiger partial charge in [-0.1, -0.05) is 36.9 Å². The number of rotatable bonds is 3. The van der Waals surface area contributed by atoms with Crippen LogP contribution in [0.2, 0.25) is 0 Å². The predicted molar refractivity (Wildman–Crippen MR) is 74.9 cm³/mol. The zero-order valence-electron chi connectivity index (χ0n) is 10.6. The van der Waals surface area contributed by atoms with Gasteiger partial charge < -0.3 is 9.84 Å². The van der Waals surface area contributed by atoms with Crippen LogP contribution in [0.4, 0.5) is 0 Å². The van der Waals surface area contributed by atoms with Gasteiger partial charge in [-0.05, 0) is 18.1 Å². The van der Waals surface area contributed by atoms with Crippen LogP contribution in [-0.2, 0) is 4.74 Å². The molecule has 3 nitrogen and oxygen atoms in total. The summed E-state index contributed by atoms with van der Waals surface area (Å²) in [5, 5.41) is 9.21. The highest BCUT2D eigenvalue weighted by Gasteiger charge is 2.28. The Bertz CT molecular complexity index is 609. The topological polar surface area (TPSA) is 41.8 Å². The highest BCUT2D eigenvalue weighted by molar-refractivity contribution is 6.17. The van der Waals surface area contributed by atoms with Crippen LogP contribution >= 0.6 is 0 Å². The summed E-state index contributed by atoms with van der Waals surface area (Å²) in [7, 11) is 0. The molecule has 0 saturated carbocycles. The van der Waals surface area contributed by atoms with E-state index >= 15 is 0 Å². The smallest absolute Gasteiger partial charge is 0.135 e. The maximum Gasteiger partial charge on any atom is 0.135 e. The maximum atomic E-state index is 9.21. The molecule has 96 valence electrons. The third-order valence-electron chi connectivity index (χ3n) is 3.24. The fourth-order valence-corrected chi connectivity index (χ4v) is 2.46. The molecule has 2 aliphatic rings. The van der Waals surface area contributed by atoms with Gasteiger partial charge in [-0.2, -0.15) is 0 Å². The molecule has 1 aromatic rings. The summed E-state index contributed by atoms with van der Waals surface area (Å²) in [6.45, 7) is 4.49. The zero-order chi connectivity index (χ0) is 13.2. The first-order chi connectivity index (χ1) is 9.29. The van der Waals surface area contributed by atoms with Crippen molar-refractivity contribution in [2.24, 2.45) is 4.99 Å². The number of aliphatic hydroxyl groups excluding tert-OH is 1. The summed E-state index contributed by atoms with van der Waals surface area (Å²) < 4.78 is 5.65. The Kier molecular flexibility index (Phi) is 3.05. The molecule has 0 fully saturated rings. The van der Waals surface area contributed by atoms with Crippen molar-refractivity contribution < 1.29 is 9.84 Å². The molecule has 0 saturated heterocycles. The van der Waals surface area contributed by atoms with Crippen molar-refractivity contribution in [1.82, 2.24) is 0 Å². The fraction of sp³-hybridized carbons (Fsp3) is 0.188. The maximum absolute atomic E-state index is 9.21. The highest BCUT2D eigenvalue weighted by atomic mass is 16.5. The monoisotopic (exact) mass is 253 g/mol. The molecule has 1 aromatic carbocycles. The number of benzene rings is 1. The molecular weight excluding hydrogens is 238 g/mol. The van der Waals surface area contributed by atoms with Gasteiger partial charge >= 0.3 is 0 Å². The Balaban J connectivity index is 2.02. The number of hydrogen-bond donors (Lipinski definition) is 1. The van der Waals surface area contributed by atoms with E-state index < -0.39 is 0 Å². The average Bonchev–Trinajstić information content (AvgIpc) is 2.84. The standard InChI is InChI=1S/C16H15NO2/c1-11-9-13(7-8-18)15-14(19-11)10-17-16(15)12-5-3-2-4-6-12/h2-6,9,18H,1,7-8,10H2. The SMILES string of the molecule is C=C1C=C(CCO)C2=C(CN=C2c2ccccc2)O1. The first-order valence-corrected chi connectivity index (χ1v) is 6.31. The van der Waals surface area contributed by atoms with Gasteiger partial charge in [-0.3, -0.25) is 4.99 Å². The van der Waals surface area contributed by atoms with E-state index in [1.165, 1.54) is 0 Å². The molecule has 0 unspecified atom stereocenters. The number of ether oxygens (including phenoxy) is 1. The van der Waals surface area contributed by atoms with E-state index in [2.05, 4.69) is 11.6 Å². The van der Waals surface area contributed by atoms with Gasteiger partial charge in [0, 0.05) is 17.7 Å². The quantitative estimate of drug-likeness (QED) is 0.899. The van der Waals surface area contributed by atoms with Gasteiger partial charge in [0.1, 0.15) is 11.5 Å². The third-order valence-corrected chi connectivity index (χ3v) is 3.24. The fourth-order valence-electron chi connectivity index (χ4n) is 2.46. The largest absolute Gasteiger partial charge is 0.460 e. The summed E-state index contributed by atoms with van der Waals surface area (Å²) in [4.78, 5) is 4.57. The molecule has 2 heterocycles. The molecule has 0 atom stereocenters. The summed E-state index contributed by atoms with van der Waals surface area (Å²) in [6.07, 6.45) is 2.48. The van der Waals surface area contributed by atoms with Crippen molar-refractivity contribution in [1.29, 1.82) is 0 Å². The molecule has 3 rings (SSSR count). The van der Waals surface area contributed by atoms with Crippen LogP contribution in [0.25, 0.3) is 0 Å². The van der Waals surface area contributed by atoms with Crippen molar-refractivity contribution in [3.8, 4) is 0 Å². The van der Waals surface area contributed by atoms with E-state index in [9.17, 15) is 5.11 Å². The summed E-state index contributed by atoms with van der Waals surface area (Å²) in [6, 6.07) is 10.0. The second-order valence-electron chi connectivity index (χ2n) is 4.54. The van der Waals surface area contributed by atoms with Crippen molar-refractivity contribution in [2.45, 2.75) is 6.42 Å². The van der Waals surface area contributed by atoms with Gasteiger partial charge in [-0.15, -0.1) is 0 Å². The van der Waals surface area contributed by atoms with E-state index in [-0.39, 0.29) is 6.61 Å². The van der Waals surface area contributed by atoms with Gasteiger partial charge in [0.15, 0.2) is 0 Å². The molecule has 0 amide bonds. The van der Waals surface area contributed by atoms with E-state index in [1.54, 1.807) is 0 Å². The molecule has 0 spiro atoms. The summed E-state index contributed by atoms with van der Waals surface area (Å²) in [5.74, 6) is 1.46. The van der Waals surface area contributed by atoms with Crippen molar-refractivity contribution in [3.63, 3.8) is 0 Å². The third kappa shape index (κ3) is 2.13. The Morgan fingerprint density at radius 1 is 1.26 bits per heavy atom. The lowest BCUT2D eigenvalue weighted by molar-refractivity contribution is 0.292. The number of hydrogen-bond acceptors (Lipinski definition) is 3. The molecule has 3 heteroatoms. The number of nitrogens with zero attached hydrogens (tertiary/aromatic N) is 1. The van der Waals surface area contributed by atoms with Crippen molar-refractivity contribution in [3.05, 3.63) is 71.2 Å². The Morgan fingerprint density at radius 3 is 2.79 bits per heavy atom. The highest BCUT2D eigenvalue weighted by Crippen LogP contribution is 2.34. The van der Waals surface area contributed by atoms with Gasteiger partial charge in [0.2, 0.25) is 0 Å². The Labute approximate surface area is 112 Å². The van der Waals surface area contributed by atoms with Gasteiger partial charge in [0.25, 0.3) is 0 Å². The minimum atomic E-state index is 0.109. The van der Waals surface area contributed by atoms with Crippen molar-refractivity contribution >= 4 is 5.71 Å². The zero-order valence-corrected chi connectivity index (χ0v) is 10.6. The molecule has 0 aliphatic carbocycles. The van der Waals surface area contributed by atoms with E-state index in [0.29, 0.717) is 18.7 Å². The van der Waals surface area contributed by atoms with Crippen LogP contribution in [-0.4, -0.2) is 24.0 Å². The van der Waals surface area contributed by atoms with Crippen LogP contribution in [0.1, 0.15) is 12.0 Å². The minimum Gasteiger partial charge on any atom is -0.460 e. The normalized spacial score (nSPS) is 17.8. The molecule has 2 aliphatic heterocycles. The van der Waals surface area contributed by atoms with Crippen LogP contribution in [0.5, 0.6) is 0 Å². The van der Waals surface area contributed by atoms with Crippen LogP contribution in [0.3, 0.4) is 0 Å². The van der Waals surface area contributed by atoms with Gasteiger partial charge in [0.05, 0.1) is 12.3 Å². The molecule has 19 heavy (non-hydrogen) atoms. The molecular formula is C16H15NO2. The van der Waals surface area contributed by atoms with Crippen LogP contribution in [0.15, 0.2) is 70.6 Å². The molecule has 1 N–H and O–H groups in total. The minimum absolute atomic E-state index is 0.109. The van der Waals surface area contributed by atoms with Crippen LogP contribution < -0.4 is 0 Å². The predicted octanol–water partition coefficient (Wildman–Crippen LogP) is 2.60. The lowest BCUT2D eigenvalue weighted by Gasteiger charge is -2.19. The first kappa shape index (κ1) is 11.9. The summed E-state index contributed by atoms with van der Waals surface area (Å²) >= 11 is 0. The second kappa shape index (κ2) is 4.86. The number of allylic oxidation sites excluding steroid dienone is 2. The lowest BCUT2D eigenvalue weighted by Crippen LogP contribution is -2.11. The molecule has 0 radical (unpaired) electrons. The van der Waals surface area contributed by atoms with Gasteiger partial charge in [-0.25, -0.2) is 0 Å². The van der Waals surface area contributed by atoms with E-state index in [4.69, 9.17) is 4.74 Å². The first-order valence-electron chi connectivity index (χ1n) is 6.31. The number of aliphatic imine (C=N–C) groups is 1. The summed E-state index contributed by atoms with van der Waals surface area (Å²) in [5.41, 5.74) is 4.09. The average molecular weight is 253 g/mol. The second-order valence-corrected chi connectivity index (χ2v) is 4.54. The molecule has 0 bridgehead atoms. The number of aliphatic hydroxyl groups is 1. The van der Waals surface area contributed by atoms with Crippen molar-refractivity contribution in [2.75, 3.05) is 13.2 Å². The lowest BCUT2D eigenvalue weighted by atomic mass is 9.92. The van der Waals surface area contributed by atoms with E-state index in [1.807, 2.05) is 36.4 Å². The van der Waals surface area contributed by atoms with Crippen LogP contribution in [0, 0.1) is 0 Å². The molecule has 0 aromatic heterocycles.